The van der Waals surface area contributed by atoms with Crippen LogP contribution in [0.3, 0.4) is 0 Å². The number of amides is 1. The molecule has 0 aliphatic heterocycles. The third kappa shape index (κ3) is 2.15. The summed E-state index contributed by atoms with van der Waals surface area (Å²) in [6.07, 6.45) is 1.31. The van der Waals surface area contributed by atoms with Crippen molar-refractivity contribution < 1.29 is 14.7 Å². The first-order chi connectivity index (χ1) is 9.32. The third-order valence-electron chi connectivity index (χ3n) is 3.13. The van der Waals surface area contributed by atoms with E-state index in [1.807, 2.05) is 0 Å². The SMILES string of the molecule is Cc1nn(C)c(C)c1C(=O)Nc1cnn(C)c1C(=O)O. The lowest BCUT2D eigenvalue weighted by Gasteiger charge is -2.05. The molecule has 0 spiro atoms. The van der Waals surface area contributed by atoms with E-state index in [1.54, 1.807) is 25.6 Å². The fourth-order valence-electron chi connectivity index (χ4n) is 2.07. The van der Waals surface area contributed by atoms with Crippen molar-refractivity contribution in [3.63, 3.8) is 0 Å². The molecule has 0 aromatic carbocycles. The summed E-state index contributed by atoms with van der Waals surface area (Å²) >= 11 is 0. The summed E-state index contributed by atoms with van der Waals surface area (Å²) in [6.45, 7) is 3.50. The normalized spacial score (nSPS) is 10.6. The maximum Gasteiger partial charge on any atom is 0.356 e. The predicted molar refractivity (Wildman–Crippen MR) is 70.8 cm³/mol. The Balaban J connectivity index is 2.36. The second-order valence-corrected chi connectivity index (χ2v) is 4.46. The van der Waals surface area contributed by atoms with Gasteiger partial charge in [0, 0.05) is 19.8 Å². The van der Waals surface area contributed by atoms with E-state index in [0.717, 1.165) is 0 Å². The molecule has 0 bridgehead atoms. The minimum atomic E-state index is -1.15. The maximum atomic E-state index is 12.3. The Morgan fingerprint density at radius 1 is 1.25 bits per heavy atom. The predicted octanol–water partition coefficient (Wildman–Crippen LogP) is 0.721. The first-order valence-corrected chi connectivity index (χ1v) is 5.89. The number of carboxylic acid groups (broad SMARTS) is 1. The van der Waals surface area contributed by atoms with Crippen LogP contribution in [-0.2, 0) is 14.1 Å². The van der Waals surface area contributed by atoms with Crippen molar-refractivity contribution >= 4 is 17.6 Å². The number of nitrogens with zero attached hydrogens (tertiary/aromatic N) is 4. The number of aromatic carboxylic acids is 1. The van der Waals surface area contributed by atoms with Gasteiger partial charge >= 0.3 is 5.97 Å². The molecule has 2 N–H and O–H groups in total. The van der Waals surface area contributed by atoms with Crippen molar-refractivity contribution in [1.82, 2.24) is 19.6 Å². The highest BCUT2D eigenvalue weighted by Crippen LogP contribution is 2.18. The molecule has 0 saturated carbocycles. The van der Waals surface area contributed by atoms with Crippen molar-refractivity contribution in [2.75, 3.05) is 5.32 Å². The van der Waals surface area contributed by atoms with Crippen LogP contribution in [0.4, 0.5) is 5.69 Å². The van der Waals surface area contributed by atoms with Gasteiger partial charge < -0.3 is 10.4 Å². The van der Waals surface area contributed by atoms with Gasteiger partial charge in [-0.15, -0.1) is 0 Å². The first kappa shape index (κ1) is 13.8. The maximum absolute atomic E-state index is 12.3. The van der Waals surface area contributed by atoms with Gasteiger partial charge in [0.05, 0.1) is 23.1 Å². The van der Waals surface area contributed by atoms with Crippen molar-refractivity contribution in [3.8, 4) is 0 Å². The Bertz CT molecular complexity index is 698. The van der Waals surface area contributed by atoms with Gasteiger partial charge in [-0.2, -0.15) is 10.2 Å². The molecule has 0 fully saturated rings. The van der Waals surface area contributed by atoms with Gasteiger partial charge in [-0.1, -0.05) is 0 Å². The Kier molecular flexibility index (Phi) is 3.31. The highest BCUT2D eigenvalue weighted by atomic mass is 16.4. The molecule has 8 heteroatoms. The number of carboxylic acids is 1. The third-order valence-corrected chi connectivity index (χ3v) is 3.13. The summed E-state index contributed by atoms with van der Waals surface area (Å²) in [4.78, 5) is 23.4. The van der Waals surface area contributed by atoms with Crippen LogP contribution in [0.2, 0.25) is 0 Å². The van der Waals surface area contributed by atoms with Crippen LogP contribution >= 0.6 is 0 Å². The Morgan fingerprint density at radius 2 is 1.90 bits per heavy atom. The summed E-state index contributed by atoms with van der Waals surface area (Å²) in [5, 5.41) is 19.7. The average molecular weight is 277 g/mol. The van der Waals surface area contributed by atoms with Crippen molar-refractivity contribution in [1.29, 1.82) is 0 Å². The number of hydrogen-bond donors (Lipinski definition) is 2. The number of rotatable bonds is 3. The van der Waals surface area contributed by atoms with Gasteiger partial charge in [0.1, 0.15) is 0 Å². The van der Waals surface area contributed by atoms with E-state index in [4.69, 9.17) is 5.11 Å². The first-order valence-electron chi connectivity index (χ1n) is 5.89. The van der Waals surface area contributed by atoms with E-state index in [9.17, 15) is 9.59 Å². The van der Waals surface area contributed by atoms with Crippen LogP contribution in [0.5, 0.6) is 0 Å². The van der Waals surface area contributed by atoms with Crippen LogP contribution in [-0.4, -0.2) is 36.5 Å². The highest BCUT2D eigenvalue weighted by molar-refractivity contribution is 6.08. The summed E-state index contributed by atoms with van der Waals surface area (Å²) in [5.41, 5.74) is 1.82. The number of aryl methyl sites for hydroxylation is 3. The average Bonchev–Trinajstić information content (AvgIpc) is 2.81. The molecule has 0 saturated heterocycles. The molecule has 0 unspecified atom stereocenters. The number of anilines is 1. The van der Waals surface area contributed by atoms with Crippen molar-refractivity contribution in [2.45, 2.75) is 13.8 Å². The van der Waals surface area contributed by atoms with Gasteiger partial charge in [-0.3, -0.25) is 14.2 Å². The molecule has 0 radical (unpaired) electrons. The van der Waals surface area contributed by atoms with Gasteiger partial charge in [0.2, 0.25) is 0 Å². The smallest absolute Gasteiger partial charge is 0.356 e. The van der Waals surface area contributed by atoms with Crippen molar-refractivity contribution in [3.05, 3.63) is 28.8 Å². The zero-order valence-corrected chi connectivity index (χ0v) is 11.6. The van der Waals surface area contributed by atoms with E-state index in [-0.39, 0.29) is 11.4 Å². The largest absolute Gasteiger partial charge is 0.476 e. The van der Waals surface area contributed by atoms with Gasteiger partial charge in [-0.25, -0.2) is 4.79 Å². The molecule has 1 amide bonds. The van der Waals surface area contributed by atoms with Crippen LogP contribution in [0, 0.1) is 13.8 Å². The van der Waals surface area contributed by atoms with Crippen LogP contribution in [0.15, 0.2) is 6.20 Å². The standard InChI is InChI=1S/C12H15N5O3/c1-6-9(7(2)16(3)15-6)11(18)14-8-5-13-17(4)10(8)12(19)20/h5H,1-4H3,(H,14,18)(H,19,20). The fourth-order valence-corrected chi connectivity index (χ4v) is 2.07. The Hall–Kier alpha value is -2.64. The molecule has 2 aromatic heterocycles. The second-order valence-electron chi connectivity index (χ2n) is 4.46. The second kappa shape index (κ2) is 4.80. The lowest BCUT2D eigenvalue weighted by atomic mass is 10.2. The van der Waals surface area contributed by atoms with Gasteiger partial charge in [0.15, 0.2) is 5.69 Å². The molecule has 106 valence electrons. The molecule has 2 rings (SSSR count). The van der Waals surface area contributed by atoms with Crippen LogP contribution in [0.1, 0.15) is 32.2 Å². The Morgan fingerprint density at radius 3 is 2.40 bits per heavy atom. The molecular formula is C12H15N5O3. The van der Waals surface area contributed by atoms with Gasteiger partial charge in [-0.05, 0) is 13.8 Å². The minimum absolute atomic E-state index is 0.0717. The molecule has 2 heterocycles. The minimum Gasteiger partial charge on any atom is -0.476 e. The number of carbonyl (C=O) groups excluding carboxylic acids is 1. The van der Waals surface area contributed by atoms with E-state index >= 15 is 0 Å². The number of aromatic nitrogens is 4. The zero-order valence-electron chi connectivity index (χ0n) is 11.6. The summed E-state index contributed by atoms with van der Waals surface area (Å²) in [7, 11) is 3.24. The highest BCUT2D eigenvalue weighted by Gasteiger charge is 2.22. The number of nitrogens with one attached hydrogen (secondary N) is 1. The molecule has 20 heavy (non-hydrogen) atoms. The summed E-state index contributed by atoms with van der Waals surface area (Å²) < 4.78 is 2.80. The number of carbonyl (C=O) groups is 2. The molecule has 2 aromatic rings. The molecule has 0 aliphatic carbocycles. The van der Waals surface area contributed by atoms with E-state index in [1.165, 1.54) is 17.9 Å². The molecule has 0 aliphatic rings. The van der Waals surface area contributed by atoms with E-state index < -0.39 is 11.9 Å². The van der Waals surface area contributed by atoms with E-state index in [0.29, 0.717) is 17.0 Å². The lowest BCUT2D eigenvalue weighted by Crippen LogP contribution is -2.17. The topological polar surface area (TPSA) is 102 Å². The quantitative estimate of drug-likeness (QED) is 0.860. The monoisotopic (exact) mass is 277 g/mol. The van der Waals surface area contributed by atoms with Crippen LogP contribution < -0.4 is 5.32 Å². The lowest BCUT2D eigenvalue weighted by molar-refractivity contribution is 0.0686. The van der Waals surface area contributed by atoms with Crippen LogP contribution in [0.25, 0.3) is 0 Å². The summed E-state index contributed by atoms with van der Waals surface area (Å²) in [5.74, 6) is -1.55. The zero-order chi connectivity index (χ0) is 15.0. The van der Waals surface area contributed by atoms with E-state index in [2.05, 4.69) is 15.5 Å². The molecular weight excluding hydrogens is 262 g/mol. The number of hydrogen-bond acceptors (Lipinski definition) is 4. The van der Waals surface area contributed by atoms with Crippen molar-refractivity contribution in [2.24, 2.45) is 14.1 Å². The summed E-state index contributed by atoms with van der Waals surface area (Å²) in [6, 6.07) is 0. The fraction of sp³-hybridized carbons (Fsp3) is 0.333. The van der Waals surface area contributed by atoms with Gasteiger partial charge in [0.25, 0.3) is 5.91 Å². The Labute approximate surface area is 115 Å². The molecule has 8 nitrogen and oxygen atoms in total. The molecule has 0 atom stereocenters.